The van der Waals surface area contributed by atoms with Gasteiger partial charge in [0.05, 0.1) is 16.7 Å². The predicted octanol–water partition coefficient (Wildman–Crippen LogP) is 3.90. The van der Waals surface area contributed by atoms with Crippen LogP contribution in [0.4, 0.5) is 4.39 Å². The summed E-state index contributed by atoms with van der Waals surface area (Å²) in [7, 11) is 0. The van der Waals surface area contributed by atoms with E-state index >= 15 is 0 Å². The zero-order valence-electron chi connectivity index (χ0n) is 12.3. The Balaban J connectivity index is 1.78. The molecule has 0 bridgehead atoms. The molecule has 0 atom stereocenters. The van der Waals surface area contributed by atoms with Crippen LogP contribution in [0.5, 0.6) is 5.75 Å². The van der Waals surface area contributed by atoms with Crippen molar-refractivity contribution in [2.45, 2.75) is 0 Å². The number of halogens is 1. The molecule has 4 rings (SSSR count). The van der Waals surface area contributed by atoms with Crippen molar-refractivity contribution >= 4 is 16.8 Å². The quantitative estimate of drug-likeness (QED) is 0.574. The highest BCUT2D eigenvalue weighted by Gasteiger charge is 2.07. The number of hydrogen-bond acceptors (Lipinski definition) is 3. The number of fused-ring (bicyclic) bond motifs is 3. The molecule has 2 heterocycles. The number of imidazole rings is 1. The molecular weight excluding hydrogens is 293 g/mol. The summed E-state index contributed by atoms with van der Waals surface area (Å²) in [5.41, 5.74) is 3.66. The van der Waals surface area contributed by atoms with Gasteiger partial charge in [-0.05, 0) is 30.3 Å². The van der Waals surface area contributed by atoms with Crippen molar-refractivity contribution in [2.75, 3.05) is 13.3 Å². The summed E-state index contributed by atoms with van der Waals surface area (Å²) in [4.78, 5) is 9.17. The molecule has 2 aromatic carbocycles. The lowest BCUT2D eigenvalue weighted by Gasteiger charge is -2.06. The van der Waals surface area contributed by atoms with E-state index in [1.54, 1.807) is 0 Å². The maximum absolute atomic E-state index is 12.2. The summed E-state index contributed by atoms with van der Waals surface area (Å²) >= 11 is 0. The van der Waals surface area contributed by atoms with Gasteiger partial charge in [-0.25, -0.2) is 14.4 Å². The molecule has 5 heteroatoms. The van der Waals surface area contributed by atoms with Crippen molar-refractivity contribution in [1.82, 2.24) is 14.4 Å². The number of alkyl halides is 1. The van der Waals surface area contributed by atoms with Crippen LogP contribution in [0.25, 0.3) is 28.1 Å². The first-order valence-electron chi connectivity index (χ1n) is 7.38. The maximum atomic E-state index is 12.2. The molecule has 0 spiro atoms. The summed E-state index contributed by atoms with van der Waals surface area (Å²) in [5, 5.41) is 0. The molecular formula is C18H14FN3O. The molecule has 0 fully saturated rings. The Labute approximate surface area is 132 Å². The standard InChI is InChI=1S/C18H14FN3O/c19-9-11-23-14-5-3-4-13(12-14)15-8-10-22-17-7-2-1-6-16(17)21-18(22)20-15/h1-8,10,12H,9,11H2. The molecule has 0 radical (unpaired) electrons. The second-order valence-corrected chi connectivity index (χ2v) is 5.15. The zero-order chi connectivity index (χ0) is 15.6. The van der Waals surface area contributed by atoms with Crippen molar-refractivity contribution in [1.29, 1.82) is 0 Å². The third-order valence-electron chi connectivity index (χ3n) is 3.65. The number of ether oxygens (including phenoxy) is 1. The van der Waals surface area contributed by atoms with Crippen LogP contribution in [0.3, 0.4) is 0 Å². The fraction of sp³-hybridized carbons (Fsp3) is 0.111. The minimum absolute atomic E-state index is 0.0571. The van der Waals surface area contributed by atoms with Crippen molar-refractivity contribution < 1.29 is 9.13 Å². The van der Waals surface area contributed by atoms with Crippen LogP contribution < -0.4 is 4.74 Å². The first-order chi connectivity index (χ1) is 11.3. The van der Waals surface area contributed by atoms with Crippen molar-refractivity contribution in [2.24, 2.45) is 0 Å². The number of benzene rings is 2. The molecule has 2 aromatic heterocycles. The van der Waals surface area contributed by atoms with Crippen molar-refractivity contribution in [3.8, 4) is 17.0 Å². The highest BCUT2D eigenvalue weighted by Crippen LogP contribution is 2.24. The minimum atomic E-state index is -0.505. The van der Waals surface area contributed by atoms with E-state index in [0.717, 1.165) is 22.3 Å². The van der Waals surface area contributed by atoms with Gasteiger partial charge in [0.25, 0.3) is 0 Å². The van der Waals surface area contributed by atoms with Crippen molar-refractivity contribution in [3.05, 3.63) is 60.8 Å². The van der Waals surface area contributed by atoms with Gasteiger partial charge in [0.15, 0.2) is 0 Å². The van der Waals surface area contributed by atoms with Crippen LogP contribution in [0.1, 0.15) is 0 Å². The Morgan fingerprint density at radius 1 is 1.00 bits per heavy atom. The van der Waals surface area contributed by atoms with Crippen LogP contribution >= 0.6 is 0 Å². The monoisotopic (exact) mass is 307 g/mol. The third-order valence-corrected chi connectivity index (χ3v) is 3.65. The largest absolute Gasteiger partial charge is 0.491 e. The Morgan fingerprint density at radius 3 is 2.83 bits per heavy atom. The second kappa shape index (κ2) is 5.68. The van der Waals surface area contributed by atoms with E-state index in [-0.39, 0.29) is 6.61 Å². The Kier molecular flexibility index (Phi) is 3.38. The Hall–Kier alpha value is -2.95. The van der Waals surface area contributed by atoms with E-state index in [9.17, 15) is 4.39 Å². The van der Waals surface area contributed by atoms with Gasteiger partial charge in [0.1, 0.15) is 19.0 Å². The number of aromatic nitrogens is 3. The van der Waals surface area contributed by atoms with Gasteiger partial charge in [-0.15, -0.1) is 0 Å². The van der Waals surface area contributed by atoms with Gasteiger partial charge in [0.2, 0.25) is 5.78 Å². The number of nitrogens with zero attached hydrogens (tertiary/aromatic N) is 3. The molecule has 0 saturated heterocycles. The molecule has 0 amide bonds. The fourth-order valence-corrected chi connectivity index (χ4v) is 2.61. The van der Waals surface area contributed by atoms with Gasteiger partial charge in [0, 0.05) is 11.8 Å². The van der Waals surface area contributed by atoms with Crippen LogP contribution in [0.15, 0.2) is 60.8 Å². The lowest BCUT2D eigenvalue weighted by molar-refractivity contribution is 0.273. The number of rotatable bonds is 4. The van der Waals surface area contributed by atoms with E-state index in [1.807, 2.05) is 65.2 Å². The first kappa shape index (κ1) is 13.7. The highest BCUT2D eigenvalue weighted by molar-refractivity contribution is 5.80. The van der Waals surface area contributed by atoms with E-state index in [4.69, 9.17) is 4.74 Å². The zero-order valence-corrected chi connectivity index (χ0v) is 12.3. The normalized spacial score (nSPS) is 11.2. The van der Waals surface area contributed by atoms with Crippen LogP contribution in [-0.4, -0.2) is 27.7 Å². The molecule has 0 aliphatic carbocycles. The number of para-hydroxylation sites is 2. The van der Waals surface area contributed by atoms with E-state index in [1.165, 1.54) is 0 Å². The fourth-order valence-electron chi connectivity index (χ4n) is 2.61. The highest BCUT2D eigenvalue weighted by atomic mass is 19.1. The lowest BCUT2D eigenvalue weighted by Crippen LogP contribution is -1.98. The Morgan fingerprint density at radius 2 is 1.91 bits per heavy atom. The summed E-state index contributed by atoms with van der Waals surface area (Å²) < 4.78 is 19.5. The smallest absolute Gasteiger partial charge is 0.235 e. The molecule has 0 N–H and O–H groups in total. The Bertz CT molecular complexity index is 980. The summed E-state index contributed by atoms with van der Waals surface area (Å²) in [6.45, 7) is -0.448. The van der Waals surface area contributed by atoms with Crippen LogP contribution in [-0.2, 0) is 0 Å². The average molecular weight is 307 g/mol. The van der Waals surface area contributed by atoms with Gasteiger partial charge in [-0.1, -0.05) is 24.3 Å². The van der Waals surface area contributed by atoms with Gasteiger partial charge in [-0.3, -0.25) is 4.40 Å². The van der Waals surface area contributed by atoms with E-state index < -0.39 is 6.67 Å². The SMILES string of the molecule is FCCOc1cccc(-c2ccn3c(n2)nc2ccccc23)c1. The topological polar surface area (TPSA) is 39.4 Å². The maximum Gasteiger partial charge on any atom is 0.235 e. The molecule has 23 heavy (non-hydrogen) atoms. The third kappa shape index (κ3) is 2.50. The van der Waals surface area contributed by atoms with Gasteiger partial charge >= 0.3 is 0 Å². The molecule has 4 nitrogen and oxygen atoms in total. The average Bonchev–Trinajstić information content (AvgIpc) is 2.98. The van der Waals surface area contributed by atoms with Gasteiger partial charge in [-0.2, -0.15) is 0 Å². The summed E-state index contributed by atoms with van der Waals surface area (Å²) in [6.07, 6.45) is 1.96. The predicted molar refractivity (Wildman–Crippen MR) is 87.4 cm³/mol. The summed E-state index contributed by atoms with van der Waals surface area (Å²) in [5.74, 6) is 1.29. The molecule has 0 aliphatic rings. The van der Waals surface area contributed by atoms with Crippen LogP contribution in [0.2, 0.25) is 0 Å². The number of hydrogen-bond donors (Lipinski definition) is 0. The van der Waals surface area contributed by atoms with Crippen LogP contribution in [0, 0.1) is 0 Å². The molecule has 114 valence electrons. The molecule has 0 aliphatic heterocycles. The van der Waals surface area contributed by atoms with Crippen molar-refractivity contribution in [3.63, 3.8) is 0 Å². The molecule has 4 aromatic rings. The van der Waals surface area contributed by atoms with E-state index in [2.05, 4.69) is 9.97 Å². The summed E-state index contributed by atoms with van der Waals surface area (Å²) in [6, 6.07) is 17.4. The minimum Gasteiger partial charge on any atom is -0.491 e. The lowest BCUT2D eigenvalue weighted by atomic mass is 10.1. The molecule has 0 unspecified atom stereocenters. The second-order valence-electron chi connectivity index (χ2n) is 5.15. The first-order valence-corrected chi connectivity index (χ1v) is 7.38. The van der Waals surface area contributed by atoms with E-state index in [0.29, 0.717) is 11.5 Å². The molecule has 0 saturated carbocycles. The van der Waals surface area contributed by atoms with Gasteiger partial charge < -0.3 is 4.74 Å².